The molecule has 5 aromatic rings. The maximum Gasteiger partial charge on any atom is 0.343 e. The van der Waals surface area contributed by atoms with Crippen LogP contribution in [0.1, 0.15) is 184 Å². The van der Waals surface area contributed by atoms with E-state index in [0.29, 0.717) is 82.0 Å². The summed E-state index contributed by atoms with van der Waals surface area (Å²) >= 11 is 6.05. The molecule has 0 bridgehead atoms. The lowest BCUT2D eigenvalue weighted by molar-refractivity contribution is -0.0254. The third kappa shape index (κ3) is 10.5. The average Bonchev–Trinajstić information content (AvgIpc) is 4.26. The van der Waals surface area contributed by atoms with Crippen molar-refractivity contribution in [1.82, 2.24) is 29.2 Å². The topological polar surface area (TPSA) is 160 Å². The van der Waals surface area contributed by atoms with E-state index >= 15 is 0 Å². The van der Waals surface area contributed by atoms with Crippen LogP contribution in [-0.2, 0) is 9.47 Å². The molecule has 1 aromatic carbocycles. The van der Waals surface area contributed by atoms with Crippen LogP contribution in [0.5, 0.6) is 11.5 Å². The number of hydrogen-bond acceptors (Lipinski definition) is 15. The highest BCUT2D eigenvalue weighted by Crippen LogP contribution is 2.68. The Labute approximate surface area is 465 Å². The number of nitrogens with zero attached hydrogens (tertiary/aromatic N) is 8. The summed E-state index contributed by atoms with van der Waals surface area (Å²) in [6.07, 6.45) is 11.5. The Bertz CT molecular complexity index is 2960. The molecule has 2 aliphatic carbocycles. The summed E-state index contributed by atoms with van der Waals surface area (Å²) < 4.78 is 32.4. The molecule has 6 atom stereocenters. The number of thioether (sulfide) groups is 4. The van der Waals surface area contributed by atoms with Crippen LogP contribution in [0.25, 0.3) is 24.6 Å². The predicted octanol–water partition coefficient (Wildman–Crippen LogP) is 13.8. The smallest absolute Gasteiger partial charge is 0.343 e. The van der Waals surface area contributed by atoms with Crippen LogP contribution in [0.3, 0.4) is 0 Å². The first-order valence-corrected chi connectivity index (χ1v) is 31.1. The summed E-state index contributed by atoms with van der Waals surface area (Å²) in [7, 11) is 0. The van der Waals surface area contributed by atoms with Crippen molar-refractivity contribution in [1.29, 1.82) is 5.26 Å². The number of aromatic nitrogens is 6. The van der Waals surface area contributed by atoms with Gasteiger partial charge in [0.1, 0.15) is 52.6 Å². The lowest BCUT2D eigenvalue weighted by Crippen LogP contribution is -2.37. The largest absolute Gasteiger partial charge is 0.491 e. The molecule has 18 heteroatoms. The Balaban J connectivity index is 1.23. The highest BCUT2D eigenvalue weighted by atomic mass is 32.2. The van der Waals surface area contributed by atoms with E-state index in [4.69, 9.17) is 25.5 Å². The van der Waals surface area contributed by atoms with Gasteiger partial charge in [-0.25, -0.2) is 14.4 Å². The van der Waals surface area contributed by atoms with E-state index in [1.54, 1.807) is 0 Å². The second-order valence-corrected chi connectivity index (χ2v) is 27.0. The number of fused-ring (bicyclic) bond motifs is 4. The molecule has 0 N–H and O–H groups in total. The van der Waals surface area contributed by atoms with Gasteiger partial charge in [-0.1, -0.05) is 155 Å². The van der Waals surface area contributed by atoms with Crippen molar-refractivity contribution in [2.45, 2.75) is 192 Å². The van der Waals surface area contributed by atoms with Gasteiger partial charge in [0.15, 0.2) is 11.3 Å². The van der Waals surface area contributed by atoms with Gasteiger partial charge in [-0.05, 0) is 99.7 Å². The quantitative estimate of drug-likeness (QED) is 0.0602. The molecular weight excluding hydrogens is 1030 g/mol. The van der Waals surface area contributed by atoms with E-state index < -0.39 is 11.9 Å². The SMILES string of the molecule is [C-]#[N+]c1c(C(=O)OC2C(C)CC(C)CC2C)c2nnc(C)n2c1=C1Sc2c(OCC(CC)CCCC)c3c(c(OCC(CC)CCCC)c2S1)SC(=c1c(C#N)c(C(=O)OC2C(C)CC(C)CC2C)c2nnc(C)n12)S3. The molecule has 6 unspecified atom stereocenters. The second kappa shape index (κ2) is 23.8. The summed E-state index contributed by atoms with van der Waals surface area (Å²) in [5, 5.41) is 30.2. The first kappa shape index (κ1) is 56.1. The Morgan fingerprint density at radius 3 is 1.43 bits per heavy atom. The number of carbonyl (C=O) groups is 2. The summed E-state index contributed by atoms with van der Waals surface area (Å²) in [6, 6.07) is 2.44. The van der Waals surface area contributed by atoms with Crippen LogP contribution < -0.4 is 20.2 Å². The number of hydrogen-bond donors (Lipinski definition) is 0. The van der Waals surface area contributed by atoms with Gasteiger partial charge in [0, 0.05) is 0 Å². The zero-order valence-corrected chi connectivity index (χ0v) is 49.6. The van der Waals surface area contributed by atoms with E-state index in [1.165, 1.54) is 47.0 Å². The Hall–Kier alpha value is -4.62. The van der Waals surface area contributed by atoms with E-state index in [9.17, 15) is 14.9 Å². The van der Waals surface area contributed by atoms with Gasteiger partial charge in [-0.3, -0.25) is 8.80 Å². The Morgan fingerprint density at radius 2 is 1.04 bits per heavy atom. The van der Waals surface area contributed by atoms with Gasteiger partial charge in [-0.2, -0.15) is 5.26 Å². The minimum Gasteiger partial charge on any atom is -0.491 e. The highest BCUT2D eigenvalue weighted by Gasteiger charge is 2.42. The number of rotatable bonds is 18. The Kier molecular flexibility index (Phi) is 17.6. The monoisotopic (exact) mass is 1110 g/mol. The maximum absolute atomic E-state index is 14.6. The zero-order valence-electron chi connectivity index (χ0n) is 46.3. The zero-order chi connectivity index (χ0) is 54.3. The normalized spacial score (nSPS) is 24.1. The lowest BCUT2D eigenvalue weighted by Gasteiger charge is -2.37. The van der Waals surface area contributed by atoms with Crippen molar-refractivity contribution >= 4 is 84.4 Å². The van der Waals surface area contributed by atoms with Crippen molar-refractivity contribution < 1.29 is 28.5 Å². The number of carbonyl (C=O) groups excluding carboxylic acids is 2. The average molecular weight is 1110 g/mol. The van der Waals surface area contributed by atoms with E-state index in [1.807, 2.05) is 22.6 Å². The second-order valence-electron chi connectivity index (χ2n) is 22.4. The maximum atomic E-state index is 14.6. The molecule has 4 aliphatic rings. The van der Waals surface area contributed by atoms with E-state index in [0.717, 1.165) is 105 Å². The molecule has 0 saturated heterocycles. The molecule has 406 valence electrons. The molecule has 76 heavy (non-hydrogen) atoms. The number of ether oxygens (including phenoxy) is 4. The van der Waals surface area contributed by atoms with Gasteiger partial charge >= 0.3 is 11.9 Å². The fraction of sp³-hybridized carbons (Fsp3) is 0.621. The van der Waals surface area contributed by atoms with E-state index in [-0.39, 0.29) is 58.3 Å². The molecule has 2 fully saturated rings. The van der Waals surface area contributed by atoms with Crippen LogP contribution in [0, 0.1) is 79.1 Å². The molecule has 14 nitrogen and oxygen atoms in total. The summed E-state index contributed by atoms with van der Waals surface area (Å²) in [4.78, 5) is 36.6. The molecule has 2 saturated carbocycles. The van der Waals surface area contributed by atoms with E-state index in [2.05, 4.69) is 101 Å². The standard InChI is InChI=1S/C58H74N8O6S4/c1-14-18-20-37(16-3)27-69-47-49-50(74-57(73-49)43-39(26-59)40(53-63-61-35(11)65(43)53)55(67)71-45-31(7)22-29(5)23-32(45)8)48(70-28-38(17-4)21-19-15-2)52-51(47)75-58(76-52)44-42(60-13)41(54-64-62-36(12)66(44)54)56(68)72-46-33(9)24-30(6)25-34(46)10/h29-34,37-38,45-46H,14-25,27-28H2,1-12H3. The van der Waals surface area contributed by atoms with Gasteiger partial charge in [0.05, 0.1) is 64.1 Å². The molecule has 0 radical (unpaired) electrons. The predicted molar refractivity (Wildman–Crippen MR) is 303 cm³/mol. The van der Waals surface area contributed by atoms with Crippen molar-refractivity contribution in [3.63, 3.8) is 0 Å². The molecule has 9 rings (SSSR count). The summed E-state index contributed by atoms with van der Waals surface area (Å²) in [6.45, 7) is 35.3. The fourth-order valence-electron chi connectivity index (χ4n) is 12.5. The lowest BCUT2D eigenvalue weighted by atomic mass is 9.75. The molecule has 4 aromatic heterocycles. The minimum atomic E-state index is -0.560. The summed E-state index contributed by atoms with van der Waals surface area (Å²) in [5.74, 6) is 3.73. The van der Waals surface area contributed by atoms with Crippen molar-refractivity contribution in [3.05, 3.63) is 50.5 Å². The highest BCUT2D eigenvalue weighted by molar-refractivity contribution is 8.33. The number of unbranched alkanes of at least 4 members (excludes halogenated alkanes) is 2. The van der Waals surface area contributed by atoms with Crippen LogP contribution in [-0.4, -0.2) is 66.6 Å². The number of esters is 2. The van der Waals surface area contributed by atoms with Crippen LogP contribution in [0.2, 0.25) is 0 Å². The van der Waals surface area contributed by atoms with Crippen LogP contribution >= 0.6 is 47.0 Å². The minimum absolute atomic E-state index is 0.131. The van der Waals surface area contributed by atoms with Crippen molar-refractivity contribution in [2.75, 3.05) is 13.2 Å². The first-order valence-electron chi connectivity index (χ1n) is 27.8. The molecule has 0 amide bonds. The third-order valence-electron chi connectivity index (χ3n) is 16.4. The van der Waals surface area contributed by atoms with Crippen LogP contribution in [0.4, 0.5) is 5.69 Å². The molecular formula is C58H74N8O6S4. The number of benzene rings is 1. The molecule has 0 spiro atoms. The number of aryl methyl sites for hydroxylation is 2. The fourth-order valence-corrected chi connectivity index (χ4v) is 18.1. The van der Waals surface area contributed by atoms with Gasteiger partial charge in [-0.15, -0.1) is 20.4 Å². The Morgan fingerprint density at radius 1 is 0.645 bits per heavy atom. The molecule has 2 aliphatic heterocycles. The number of nitriles is 1. The first-order chi connectivity index (χ1) is 36.6. The van der Waals surface area contributed by atoms with Gasteiger partial charge < -0.3 is 18.9 Å². The van der Waals surface area contributed by atoms with Gasteiger partial charge in [0.25, 0.3) is 0 Å². The van der Waals surface area contributed by atoms with Crippen LogP contribution in [0.15, 0.2) is 19.6 Å². The van der Waals surface area contributed by atoms with Crippen molar-refractivity contribution in [2.24, 2.45) is 47.3 Å². The van der Waals surface area contributed by atoms with Crippen molar-refractivity contribution in [3.8, 4) is 17.6 Å². The third-order valence-corrected chi connectivity index (χ3v) is 21.5. The van der Waals surface area contributed by atoms with Gasteiger partial charge in [0.2, 0.25) is 5.69 Å². The summed E-state index contributed by atoms with van der Waals surface area (Å²) in [5.41, 5.74) is 1.26. The molecule has 6 heterocycles.